The second kappa shape index (κ2) is 45.3. The van der Waals surface area contributed by atoms with Gasteiger partial charge in [-0.15, -0.1) is 0 Å². The Bertz CT molecular complexity index is 3020. The van der Waals surface area contributed by atoms with Crippen LogP contribution in [-0.4, -0.2) is 389 Å². The smallest absolute Gasteiger partial charge is 0.317 e. The molecule has 2 aliphatic heterocycles. The van der Waals surface area contributed by atoms with Crippen molar-refractivity contribution in [1.82, 2.24) is 66.0 Å². The lowest BCUT2D eigenvalue weighted by molar-refractivity contribution is -0.140. The highest BCUT2D eigenvalue weighted by Crippen LogP contribution is 2.31. The van der Waals surface area contributed by atoms with E-state index in [1.54, 1.807) is 44.8 Å². The average Bonchev–Trinajstić information content (AvgIpc) is 1.62. The monoisotopic (exact) mass is 1490 g/mol. The molecule has 39 heteroatoms. The summed E-state index contributed by atoms with van der Waals surface area (Å²) >= 11 is 0. The van der Waals surface area contributed by atoms with E-state index < -0.39 is 206 Å². The number of rotatable bonds is 46. The summed E-state index contributed by atoms with van der Waals surface area (Å²) in [5.74, 6) is -5.67. The van der Waals surface area contributed by atoms with Crippen LogP contribution in [0.3, 0.4) is 0 Å². The molecule has 39 nitrogen and oxygen atoms in total. The third-order valence-electron chi connectivity index (χ3n) is 18.3. The minimum atomic E-state index is -2.04. The van der Waals surface area contributed by atoms with Crippen LogP contribution in [0.5, 0.6) is 0 Å². The Labute approximate surface area is 600 Å². The molecule has 2 aliphatic rings. The molecule has 2 aromatic carbocycles. The number of carboxylic acid groups (broad SMARTS) is 4. The van der Waals surface area contributed by atoms with Crippen LogP contribution < -0.4 is 31.9 Å². The van der Waals surface area contributed by atoms with Gasteiger partial charge in [0.2, 0.25) is 11.8 Å². The van der Waals surface area contributed by atoms with Crippen LogP contribution in [0, 0.1) is 0 Å². The number of hydrogen-bond acceptors (Lipinski definition) is 32. The van der Waals surface area contributed by atoms with Gasteiger partial charge in [0.05, 0.1) is 87.7 Å². The Balaban J connectivity index is 1.32. The van der Waals surface area contributed by atoms with Gasteiger partial charge >= 0.3 is 23.9 Å². The van der Waals surface area contributed by atoms with Gasteiger partial charge in [-0.25, -0.2) is 4.98 Å². The fraction of sp³-hybridized carbons (Fsp3) is 0.708. The zero-order valence-electron chi connectivity index (χ0n) is 58.4. The Morgan fingerprint density at radius 1 is 0.596 bits per heavy atom. The molecule has 104 heavy (non-hydrogen) atoms. The number of para-hydroxylation sites is 2. The number of nitrogens with zero attached hydrogens (tertiary/aromatic N) is 7. The van der Waals surface area contributed by atoms with Gasteiger partial charge in [0, 0.05) is 96.7 Å². The van der Waals surface area contributed by atoms with Gasteiger partial charge in [0.25, 0.3) is 0 Å². The lowest BCUT2D eigenvalue weighted by atomic mass is 10.0. The first-order valence-corrected chi connectivity index (χ1v) is 34.8. The summed E-state index contributed by atoms with van der Waals surface area (Å²) in [7, 11) is 1.74. The number of unbranched alkanes of at least 4 members (excludes halogenated alkanes) is 3. The predicted molar refractivity (Wildman–Crippen MR) is 369 cm³/mol. The van der Waals surface area contributed by atoms with Crippen molar-refractivity contribution in [2.75, 3.05) is 130 Å². The minimum Gasteiger partial charge on any atom is -0.481 e. The highest BCUT2D eigenvalue weighted by Gasteiger charge is 2.36. The first kappa shape index (κ1) is 88.2. The molecular formula is C65H110N14O25. The molecule has 0 aliphatic carbocycles. The van der Waals surface area contributed by atoms with Gasteiger partial charge in [-0.05, 0) is 81.1 Å². The van der Waals surface area contributed by atoms with E-state index in [4.69, 9.17) is 0 Å². The molecule has 26 N–H and O–H groups in total. The number of aliphatic carboxylic acids is 4. The SMILES string of the molecule is CN(Cc1nc2ccccc2[nH]1)[C@H](O)c1ccc2c(c1)CN(CCCCCCN[C@H](O)[C@H](CC[C@@H](O)NC[C@@H](O)[C@H](O)[C@@H](O)[C@H](O)CO)N[C@H](O)[C@H](CCC(=O)NC[C@@H](O)[C@@H](O)[C@@H](O)[C@H](O)CO)NC(=O)CN1CCN(CC(=O)O)CCN(CC(=O)O)CCN(CC(=O)O)CC1)[C@H](O)C(CC(=O)O)N2. The van der Waals surface area contributed by atoms with Crippen LogP contribution >= 0.6 is 0 Å². The van der Waals surface area contributed by atoms with Crippen molar-refractivity contribution in [3.05, 3.63) is 59.4 Å². The normalized spacial score (nSPS) is 20.7. The molecule has 5 rings (SSSR count). The van der Waals surface area contributed by atoms with Crippen LogP contribution in [-0.2, 0) is 41.9 Å². The second-order valence-electron chi connectivity index (χ2n) is 26.6. The van der Waals surface area contributed by atoms with Crippen molar-refractivity contribution < 1.29 is 126 Å². The molecule has 1 fully saturated rings. The summed E-state index contributed by atoms with van der Waals surface area (Å²) < 4.78 is 0. The van der Waals surface area contributed by atoms with Crippen molar-refractivity contribution in [1.29, 1.82) is 0 Å². The molecular weight excluding hydrogens is 1380 g/mol. The van der Waals surface area contributed by atoms with E-state index in [1.807, 2.05) is 24.3 Å². The van der Waals surface area contributed by atoms with Crippen molar-refractivity contribution in [2.45, 2.75) is 169 Å². The summed E-state index contributed by atoms with van der Waals surface area (Å²) in [6, 6.07) is 9.16. The van der Waals surface area contributed by atoms with Gasteiger partial charge < -0.3 is 118 Å². The van der Waals surface area contributed by atoms with Crippen LogP contribution in [0.1, 0.15) is 81.0 Å². The van der Waals surface area contributed by atoms with Crippen LogP contribution in [0.25, 0.3) is 11.0 Å². The average molecular weight is 1490 g/mol. The maximum atomic E-state index is 14.3. The molecule has 1 unspecified atom stereocenters. The number of aromatic amines is 1. The van der Waals surface area contributed by atoms with Gasteiger partial charge in [-0.2, -0.15) is 0 Å². The first-order chi connectivity index (χ1) is 49.3. The molecule has 2 amide bonds. The summed E-state index contributed by atoms with van der Waals surface area (Å²) in [6.07, 6.45) is -22.5. The number of fused-ring (bicyclic) bond motifs is 2. The number of anilines is 1. The fourth-order valence-corrected chi connectivity index (χ4v) is 12.2. The standard InChI is InChI=1S/C65H110N14O25/c1-74(31-50-70-41-8-4-5-9-42(41)71-50)64(103)38-10-11-40-39(26-38)30-79(65(104)45(69-40)27-54(89)90)17-7-3-2-6-16-66-62(101)43(12-14-51(86)67-28-46(82)58(97)60(99)48(84)36-80)73-63(102)44(13-15-52(87)68-29-47(83)59(98)61(100)49(85)37-81)72-53(88)32-75-18-20-76(33-55(91)92)22-24-78(35-57(95)96)25-23-77(21-19-75)34-56(93)94/h4-5,8-11,26,43-49,51,58-67,69,73,80-86,97-104H,2-3,6-7,12-25,27-37H2,1H3,(H,68,87)(H,70,71)(H,72,88)(H,89,90)(H,91,92)(H,93,94)(H,95,96)/t43-,44-,45?,46+,47+,48+,49+,51+,58-,59+,60-,61-,62+,63+,64+,65+/m0/s1. The van der Waals surface area contributed by atoms with E-state index >= 15 is 0 Å². The van der Waals surface area contributed by atoms with Crippen molar-refractivity contribution >= 4 is 52.4 Å². The maximum Gasteiger partial charge on any atom is 0.317 e. The molecule has 16 atom stereocenters. The first-order valence-electron chi connectivity index (χ1n) is 34.8. The Kier molecular flexibility index (Phi) is 38.4. The summed E-state index contributed by atoms with van der Waals surface area (Å²) in [5, 5.41) is 214. The number of aromatic nitrogens is 2. The van der Waals surface area contributed by atoms with Crippen molar-refractivity contribution in [2.24, 2.45) is 0 Å². The zero-order chi connectivity index (χ0) is 76.7. The third-order valence-corrected chi connectivity index (χ3v) is 18.3. The van der Waals surface area contributed by atoms with E-state index in [9.17, 15) is 126 Å². The van der Waals surface area contributed by atoms with Crippen LogP contribution in [0.4, 0.5) is 5.69 Å². The predicted octanol–water partition coefficient (Wildman–Crippen LogP) is -8.76. The van der Waals surface area contributed by atoms with Gasteiger partial charge in [0.15, 0.2) is 0 Å². The van der Waals surface area contributed by atoms with Gasteiger partial charge in [0.1, 0.15) is 73.6 Å². The summed E-state index contributed by atoms with van der Waals surface area (Å²) in [5.41, 5.74) is 3.45. The highest BCUT2D eigenvalue weighted by atomic mass is 16.4. The van der Waals surface area contributed by atoms with Gasteiger partial charge in [-0.3, -0.25) is 74.1 Å². The second-order valence-corrected chi connectivity index (χ2v) is 26.6. The van der Waals surface area contributed by atoms with Crippen molar-refractivity contribution in [3.8, 4) is 0 Å². The molecule has 0 saturated carbocycles. The third kappa shape index (κ3) is 30.4. The number of nitrogens with one attached hydrogen (secondary N) is 7. The Morgan fingerprint density at radius 2 is 1.13 bits per heavy atom. The number of benzene rings is 2. The number of aliphatic hydroxyl groups excluding tert-OH is 15. The fourth-order valence-electron chi connectivity index (χ4n) is 12.2. The summed E-state index contributed by atoms with van der Waals surface area (Å²) in [6.45, 7) is -3.70. The number of aliphatic hydroxyl groups is 15. The number of carbonyl (C=O) groups is 6. The molecule has 0 radical (unpaired) electrons. The number of carboxylic acids is 4. The van der Waals surface area contributed by atoms with Crippen LogP contribution in [0.15, 0.2) is 42.5 Å². The summed E-state index contributed by atoms with van der Waals surface area (Å²) in [4.78, 5) is 93.0. The minimum absolute atomic E-state index is 0.00638. The number of carbonyl (C=O) groups excluding carboxylic acids is 2. The molecule has 590 valence electrons. The molecule has 0 spiro atoms. The number of imidazole rings is 1. The lowest BCUT2D eigenvalue weighted by Crippen LogP contribution is -2.59. The number of hydrogen-bond donors (Lipinski definition) is 26. The van der Waals surface area contributed by atoms with E-state index in [1.165, 1.54) is 9.80 Å². The molecule has 0 bridgehead atoms. The lowest BCUT2D eigenvalue weighted by Gasteiger charge is -2.34. The zero-order valence-corrected chi connectivity index (χ0v) is 58.4. The van der Waals surface area contributed by atoms with Crippen LogP contribution in [0.2, 0.25) is 0 Å². The van der Waals surface area contributed by atoms with E-state index in [-0.39, 0.29) is 84.8 Å². The van der Waals surface area contributed by atoms with E-state index in [2.05, 4.69) is 41.9 Å². The van der Waals surface area contributed by atoms with E-state index in [0.717, 1.165) is 11.0 Å². The molecule has 1 aromatic heterocycles. The maximum absolute atomic E-state index is 14.3. The Hall–Kier alpha value is -6.43. The number of amides is 2. The van der Waals surface area contributed by atoms with Crippen molar-refractivity contribution in [3.63, 3.8) is 0 Å². The topological polar surface area (TPSA) is 607 Å². The Morgan fingerprint density at radius 3 is 1.68 bits per heavy atom. The molecule has 1 saturated heterocycles. The molecule has 3 heterocycles. The highest BCUT2D eigenvalue weighted by molar-refractivity contribution is 5.79. The van der Waals surface area contributed by atoms with Gasteiger partial charge in [-0.1, -0.05) is 31.0 Å². The molecule has 3 aromatic rings. The van der Waals surface area contributed by atoms with E-state index in [0.29, 0.717) is 54.9 Å². The number of H-pyrrole nitrogens is 1. The largest absolute Gasteiger partial charge is 0.481 e. The quantitative estimate of drug-likeness (QED) is 0.0184.